The molecule has 0 aromatic heterocycles. The lowest BCUT2D eigenvalue weighted by molar-refractivity contribution is -0.137. The van der Waals surface area contributed by atoms with Gasteiger partial charge in [-0.15, -0.1) is 6.58 Å². The predicted molar refractivity (Wildman–Crippen MR) is 61.5 cm³/mol. The summed E-state index contributed by atoms with van der Waals surface area (Å²) in [6.45, 7) is 4.58. The molecule has 0 aliphatic carbocycles. The van der Waals surface area contributed by atoms with Crippen LogP contribution in [-0.4, -0.2) is 54.1 Å². The van der Waals surface area contributed by atoms with Crippen molar-refractivity contribution in [1.82, 2.24) is 15.5 Å². The number of likely N-dealkylation sites (N-methyl/N-ethyl adjacent to an activating group) is 1. The van der Waals surface area contributed by atoms with E-state index in [2.05, 4.69) is 17.2 Å². The normalized spacial score (nSPS) is 11.2. The van der Waals surface area contributed by atoms with Gasteiger partial charge in [-0.2, -0.15) is 0 Å². The molecule has 3 amide bonds. The fourth-order valence-electron chi connectivity index (χ4n) is 1.10. The Hall–Kier alpha value is -2.05. The number of nitrogens with zero attached hydrogens (tertiary/aromatic N) is 1. The smallest absolute Gasteiger partial charge is 0.323 e. The van der Waals surface area contributed by atoms with Crippen molar-refractivity contribution in [2.24, 2.45) is 0 Å². The van der Waals surface area contributed by atoms with E-state index in [1.54, 1.807) is 0 Å². The van der Waals surface area contributed by atoms with Gasteiger partial charge in [0.15, 0.2) is 0 Å². The summed E-state index contributed by atoms with van der Waals surface area (Å²) >= 11 is 0. The predicted octanol–water partition coefficient (Wildman–Crippen LogP) is -0.597. The molecule has 0 radical (unpaired) electrons. The zero-order chi connectivity index (χ0) is 13.4. The molecule has 0 aromatic rings. The first-order valence-electron chi connectivity index (χ1n) is 5.02. The third kappa shape index (κ3) is 5.55. The van der Waals surface area contributed by atoms with Gasteiger partial charge in [0.1, 0.15) is 12.6 Å². The van der Waals surface area contributed by atoms with Crippen LogP contribution in [0.4, 0.5) is 4.79 Å². The number of carbonyl (C=O) groups is 3. The molecule has 7 nitrogen and oxygen atoms in total. The molecule has 0 aliphatic heterocycles. The Bertz CT molecular complexity index is 317. The zero-order valence-electron chi connectivity index (χ0n) is 9.90. The van der Waals surface area contributed by atoms with Crippen molar-refractivity contribution in [3.05, 3.63) is 12.7 Å². The molecule has 1 atom stereocenters. The number of rotatable bonds is 6. The number of amides is 3. The number of carboxylic acids is 1. The summed E-state index contributed by atoms with van der Waals surface area (Å²) in [4.78, 5) is 34.4. The minimum absolute atomic E-state index is 0.0958. The third-order valence-electron chi connectivity index (χ3n) is 1.94. The SMILES string of the molecule is C=CCN(CC(=O)O)C(=O)NC(C)C(=O)NC. The van der Waals surface area contributed by atoms with Crippen LogP contribution in [0.25, 0.3) is 0 Å². The quantitative estimate of drug-likeness (QED) is 0.543. The lowest BCUT2D eigenvalue weighted by Gasteiger charge is -2.21. The largest absolute Gasteiger partial charge is 0.480 e. The van der Waals surface area contributed by atoms with Gasteiger partial charge in [-0.3, -0.25) is 9.59 Å². The molecule has 3 N–H and O–H groups in total. The average Bonchev–Trinajstić information content (AvgIpc) is 2.26. The Balaban J connectivity index is 4.46. The van der Waals surface area contributed by atoms with Gasteiger partial charge in [-0.25, -0.2) is 4.79 Å². The van der Waals surface area contributed by atoms with E-state index in [4.69, 9.17) is 5.11 Å². The van der Waals surface area contributed by atoms with E-state index in [0.717, 1.165) is 4.90 Å². The molecule has 0 saturated heterocycles. The molecule has 17 heavy (non-hydrogen) atoms. The molecule has 0 aromatic carbocycles. The molecule has 96 valence electrons. The second kappa shape index (κ2) is 7.26. The standard InChI is InChI=1S/C10H17N3O4/c1-4-5-13(6-8(14)15)10(17)12-7(2)9(16)11-3/h4,7H,1,5-6H2,2-3H3,(H,11,16)(H,12,17)(H,14,15). The van der Waals surface area contributed by atoms with Crippen molar-refractivity contribution in [1.29, 1.82) is 0 Å². The molecule has 0 aliphatic rings. The van der Waals surface area contributed by atoms with Crippen LogP contribution in [0.5, 0.6) is 0 Å². The van der Waals surface area contributed by atoms with Crippen LogP contribution < -0.4 is 10.6 Å². The first kappa shape index (κ1) is 14.9. The second-order valence-electron chi connectivity index (χ2n) is 3.35. The highest BCUT2D eigenvalue weighted by Crippen LogP contribution is 1.92. The van der Waals surface area contributed by atoms with Gasteiger partial charge in [-0.05, 0) is 6.92 Å². The number of hydrogen-bond acceptors (Lipinski definition) is 3. The van der Waals surface area contributed by atoms with Gasteiger partial charge in [0, 0.05) is 13.6 Å². The minimum atomic E-state index is -1.13. The van der Waals surface area contributed by atoms with E-state index < -0.39 is 24.6 Å². The highest BCUT2D eigenvalue weighted by atomic mass is 16.4. The van der Waals surface area contributed by atoms with Crippen molar-refractivity contribution in [2.45, 2.75) is 13.0 Å². The van der Waals surface area contributed by atoms with E-state index in [1.807, 2.05) is 0 Å². The fourth-order valence-corrected chi connectivity index (χ4v) is 1.10. The number of carbonyl (C=O) groups excluding carboxylic acids is 2. The van der Waals surface area contributed by atoms with Gasteiger partial charge < -0.3 is 20.6 Å². The molecule has 0 saturated carbocycles. The maximum atomic E-state index is 11.6. The van der Waals surface area contributed by atoms with E-state index in [1.165, 1.54) is 20.0 Å². The van der Waals surface area contributed by atoms with Crippen LogP contribution in [0, 0.1) is 0 Å². The first-order valence-corrected chi connectivity index (χ1v) is 5.02. The number of aliphatic carboxylic acids is 1. The highest BCUT2D eigenvalue weighted by Gasteiger charge is 2.19. The van der Waals surface area contributed by atoms with Crippen molar-refractivity contribution < 1.29 is 19.5 Å². The van der Waals surface area contributed by atoms with Gasteiger partial charge in [-0.1, -0.05) is 6.08 Å². The van der Waals surface area contributed by atoms with Crippen LogP contribution >= 0.6 is 0 Å². The Labute approximate surface area is 99.5 Å². The Morgan fingerprint density at radius 3 is 2.47 bits per heavy atom. The van der Waals surface area contributed by atoms with E-state index >= 15 is 0 Å². The monoisotopic (exact) mass is 243 g/mol. The summed E-state index contributed by atoms with van der Waals surface area (Å²) in [5, 5.41) is 13.4. The van der Waals surface area contributed by atoms with Crippen LogP contribution in [0.1, 0.15) is 6.92 Å². The van der Waals surface area contributed by atoms with Gasteiger partial charge in [0.05, 0.1) is 0 Å². The number of urea groups is 1. The molecular formula is C10H17N3O4. The molecule has 0 bridgehead atoms. The van der Waals surface area contributed by atoms with Crippen LogP contribution in [-0.2, 0) is 9.59 Å². The summed E-state index contributed by atoms with van der Waals surface area (Å²) in [6, 6.07) is -1.35. The summed E-state index contributed by atoms with van der Waals surface area (Å²) in [6.07, 6.45) is 1.41. The van der Waals surface area contributed by atoms with Crippen molar-refractivity contribution in [3.63, 3.8) is 0 Å². The van der Waals surface area contributed by atoms with E-state index in [9.17, 15) is 14.4 Å². The number of hydrogen-bond donors (Lipinski definition) is 3. The van der Waals surface area contributed by atoms with Gasteiger partial charge in [0.2, 0.25) is 5.91 Å². The molecule has 0 spiro atoms. The molecule has 0 rings (SSSR count). The minimum Gasteiger partial charge on any atom is -0.480 e. The molecule has 1 unspecified atom stereocenters. The lowest BCUT2D eigenvalue weighted by Crippen LogP contribution is -2.50. The van der Waals surface area contributed by atoms with Crippen molar-refractivity contribution in [2.75, 3.05) is 20.1 Å². The summed E-state index contributed by atoms with van der Waals surface area (Å²) in [5.74, 6) is -1.48. The fraction of sp³-hybridized carbons (Fsp3) is 0.500. The lowest BCUT2D eigenvalue weighted by atomic mass is 10.3. The molecule has 7 heteroatoms. The summed E-state index contributed by atoms with van der Waals surface area (Å²) < 4.78 is 0. The van der Waals surface area contributed by atoms with E-state index in [-0.39, 0.29) is 12.5 Å². The topological polar surface area (TPSA) is 98.7 Å². The molecular weight excluding hydrogens is 226 g/mol. The van der Waals surface area contributed by atoms with Gasteiger partial charge in [0.25, 0.3) is 0 Å². The first-order chi connectivity index (χ1) is 7.92. The zero-order valence-corrected chi connectivity index (χ0v) is 9.90. The Kier molecular flexibility index (Phi) is 6.39. The molecule has 0 heterocycles. The van der Waals surface area contributed by atoms with Crippen LogP contribution in [0.3, 0.4) is 0 Å². The Morgan fingerprint density at radius 2 is 2.06 bits per heavy atom. The maximum absolute atomic E-state index is 11.6. The summed E-state index contributed by atoms with van der Waals surface area (Å²) in [7, 11) is 1.45. The second-order valence-corrected chi connectivity index (χ2v) is 3.35. The van der Waals surface area contributed by atoms with E-state index in [0.29, 0.717) is 0 Å². The summed E-state index contributed by atoms with van der Waals surface area (Å²) in [5.41, 5.74) is 0. The molecule has 0 fully saturated rings. The maximum Gasteiger partial charge on any atom is 0.323 e. The number of carboxylic acid groups (broad SMARTS) is 1. The number of nitrogens with one attached hydrogen (secondary N) is 2. The van der Waals surface area contributed by atoms with Crippen LogP contribution in [0.15, 0.2) is 12.7 Å². The average molecular weight is 243 g/mol. The van der Waals surface area contributed by atoms with Crippen molar-refractivity contribution >= 4 is 17.9 Å². The Morgan fingerprint density at radius 1 is 1.47 bits per heavy atom. The highest BCUT2D eigenvalue weighted by molar-refractivity contribution is 5.87. The third-order valence-corrected chi connectivity index (χ3v) is 1.94. The van der Waals surface area contributed by atoms with Crippen molar-refractivity contribution in [3.8, 4) is 0 Å². The van der Waals surface area contributed by atoms with Crippen LogP contribution in [0.2, 0.25) is 0 Å². The van der Waals surface area contributed by atoms with Gasteiger partial charge >= 0.3 is 12.0 Å².